The fourth-order valence-corrected chi connectivity index (χ4v) is 1.51. The highest BCUT2D eigenvalue weighted by Crippen LogP contribution is 2.08. The minimum atomic E-state index is -0.876. The molecule has 0 heterocycles. The summed E-state index contributed by atoms with van der Waals surface area (Å²) >= 11 is 0. The van der Waals surface area contributed by atoms with Gasteiger partial charge in [-0.2, -0.15) is 0 Å². The van der Waals surface area contributed by atoms with Crippen LogP contribution in [-0.4, -0.2) is 17.0 Å². The Morgan fingerprint density at radius 2 is 1.52 bits per heavy atom. The first-order valence-electron chi connectivity index (χ1n) is 6.89. The summed E-state index contributed by atoms with van der Waals surface area (Å²) in [5.74, 6) is -0.771. The second-order valence-corrected chi connectivity index (χ2v) is 4.48. The summed E-state index contributed by atoms with van der Waals surface area (Å²) < 4.78 is 4.81. The fraction of sp³-hybridized carbons (Fsp3) is 0.0526. The number of esters is 1. The van der Waals surface area contributed by atoms with Crippen LogP contribution in [0, 0.1) is 0 Å². The van der Waals surface area contributed by atoms with Crippen molar-refractivity contribution in [3.8, 4) is 5.75 Å². The molecule has 0 saturated heterocycles. The van der Waals surface area contributed by atoms with Crippen LogP contribution in [0.4, 0.5) is 0 Å². The van der Waals surface area contributed by atoms with E-state index in [0.29, 0.717) is 11.3 Å². The van der Waals surface area contributed by atoms with Gasteiger partial charge in [0.2, 0.25) is 0 Å². The average molecular weight is 310 g/mol. The Balaban J connectivity index is 0.000000231. The Hall–Kier alpha value is -3.14. The quantitative estimate of drug-likeness (QED) is 0.527. The average Bonchev–Trinajstić information content (AvgIpc) is 2.57. The van der Waals surface area contributed by atoms with Gasteiger partial charge in [0, 0.05) is 11.6 Å². The highest BCUT2D eigenvalue weighted by atomic mass is 16.5. The van der Waals surface area contributed by atoms with E-state index in [-0.39, 0.29) is 0 Å². The molecule has 2 rings (SSSR count). The van der Waals surface area contributed by atoms with Crippen molar-refractivity contribution in [3.05, 3.63) is 84.5 Å². The second kappa shape index (κ2) is 9.73. The van der Waals surface area contributed by atoms with Gasteiger partial charge in [0.05, 0.1) is 0 Å². The van der Waals surface area contributed by atoms with Gasteiger partial charge in [-0.3, -0.25) is 0 Å². The van der Waals surface area contributed by atoms with E-state index in [1.54, 1.807) is 37.3 Å². The van der Waals surface area contributed by atoms with Gasteiger partial charge >= 0.3 is 11.9 Å². The Kier molecular flexibility index (Phi) is 7.58. The number of ether oxygens (including phenoxy) is 1. The fourth-order valence-electron chi connectivity index (χ4n) is 1.51. The van der Waals surface area contributed by atoms with Gasteiger partial charge in [-0.25, -0.2) is 9.59 Å². The summed E-state index contributed by atoms with van der Waals surface area (Å²) in [6.07, 6.45) is 2.77. The van der Waals surface area contributed by atoms with Crippen LogP contribution in [0.3, 0.4) is 0 Å². The van der Waals surface area contributed by atoms with Crippen LogP contribution >= 0.6 is 0 Å². The molecular formula is C19H18O4. The van der Waals surface area contributed by atoms with Crippen LogP contribution in [0.2, 0.25) is 0 Å². The molecule has 23 heavy (non-hydrogen) atoms. The molecule has 0 bridgehead atoms. The number of hydrogen-bond acceptors (Lipinski definition) is 3. The third-order valence-corrected chi connectivity index (χ3v) is 2.65. The smallest absolute Gasteiger partial charge is 0.335 e. The number of carbonyl (C=O) groups excluding carboxylic acids is 1. The van der Waals surface area contributed by atoms with Gasteiger partial charge in [0.25, 0.3) is 0 Å². The standard InChI is InChI=1S/C10H10O2.C9H8O2/c1-8(10(11)12)7-9-5-3-2-4-6-9;1-2-9(10)11-8-6-4-3-5-7-8/h2-7H,1H3,(H,11,12);2-7H,1H2. The summed E-state index contributed by atoms with van der Waals surface area (Å²) in [6, 6.07) is 18.2. The van der Waals surface area contributed by atoms with Crippen LogP contribution in [0.5, 0.6) is 5.75 Å². The number of carbonyl (C=O) groups is 2. The predicted octanol–water partition coefficient (Wildman–Crippen LogP) is 3.95. The maximum Gasteiger partial charge on any atom is 0.335 e. The zero-order chi connectivity index (χ0) is 17.1. The van der Waals surface area contributed by atoms with Gasteiger partial charge in [0.1, 0.15) is 5.75 Å². The van der Waals surface area contributed by atoms with E-state index in [1.807, 2.05) is 36.4 Å². The molecule has 1 N–H and O–H groups in total. The van der Waals surface area contributed by atoms with Crippen molar-refractivity contribution in [1.82, 2.24) is 0 Å². The van der Waals surface area contributed by atoms with Crippen molar-refractivity contribution in [1.29, 1.82) is 0 Å². The van der Waals surface area contributed by atoms with Crippen LogP contribution < -0.4 is 4.74 Å². The van der Waals surface area contributed by atoms with Crippen LogP contribution in [0.25, 0.3) is 6.08 Å². The molecule has 0 aliphatic carbocycles. The van der Waals surface area contributed by atoms with Crippen LogP contribution in [0.15, 0.2) is 78.9 Å². The van der Waals surface area contributed by atoms with Gasteiger partial charge in [-0.15, -0.1) is 0 Å². The molecule has 0 unspecified atom stereocenters. The highest BCUT2D eigenvalue weighted by Gasteiger charge is 1.98. The van der Waals surface area contributed by atoms with Crippen molar-refractivity contribution < 1.29 is 19.4 Å². The van der Waals surface area contributed by atoms with Crippen molar-refractivity contribution in [2.45, 2.75) is 6.92 Å². The Morgan fingerprint density at radius 1 is 1.00 bits per heavy atom. The minimum Gasteiger partial charge on any atom is -0.478 e. The number of carboxylic acid groups (broad SMARTS) is 1. The Labute approximate surface area is 135 Å². The number of hydrogen-bond donors (Lipinski definition) is 1. The molecule has 0 aliphatic heterocycles. The highest BCUT2D eigenvalue weighted by molar-refractivity contribution is 5.91. The van der Waals surface area contributed by atoms with E-state index < -0.39 is 11.9 Å². The lowest BCUT2D eigenvalue weighted by Gasteiger charge is -1.98. The molecule has 0 saturated carbocycles. The molecule has 118 valence electrons. The molecule has 2 aromatic rings. The molecular weight excluding hydrogens is 292 g/mol. The first-order valence-corrected chi connectivity index (χ1v) is 6.89. The topological polar surface area (TPSA) is 63.6 Å². The normalized spacial score (nSPS) is 10.0. The molecule has 2 aromatic carbocycles. The predicted molar refractivity (Wildman–Crippen MR) is 90.0 cm³/mol. The van der Waals surface area contributed by atoms with E-state index in [9.17, 15) is 9.59 Å². The molecule has 0 aliphatic rings. The van der Waals surface area contributed by atoms with E-state index in [4.69, 9.17) is 9.84 Å². The van der Waals surface area contributed by atoms with Crippen LogP contribution in [-0.2, 0) is 9.59 Å². The first kappa shape index (κ1) is 17.9. The third-order valence-electron chi connectivity index (χ3n) is 2.65. The summed E-state index contributed by atoms with van der Waals surface area (Å²) in [5.41, 5.74) is 1.26. The maximum absolute atomic E-state index is 10.6. The van der Waals surface area contributed by atoms with Crippen LogP contribution in [0.1, 0.15) is 12.5 Å². The van der Waals surface area contributed by atoms with Crippen molar-refractivity contribution in [3.63, 3.8) is 0 Å². The number of benzene rings is 2. The zero-order valence-electron chi connectivity index (χ0n) is 12.8. The molecule has 0 amide bonds. The zero-order valence-corrected chi connectivity index (χ0v) is 12.8. The maximum atomic E-state index is 10.6. The number of para-hydroxylation sites is 1. The number of carboxylic acids is 1. The van der Waals surface area contributed by atoms with Gasteiger partial charge in [0.15, 0.2) is 0 Å². The van der Waals surface area contributed by atoms with Gasteiger partial charge in [-0.05, 0) is 30.7 Å². The molecule has 0 fully saturated rings. The molecule has 0 aromatic heterocycles. The lowest BCUT2D eigenvalue weighted by atomic mass is 10.1. The Bertz CT molecular complexity index is 673. The number of rotatable bonds is 4. The number of aliphatic carboxylic acids is 1. The van der Waals surface area contributed by atoms with E-state index in [0.717, 1.165) is 11.6 Å². The van der Waals surface area contributed by atoms with E-state index in [2.05, 4.69) is 6.58 Å². The molecule has 4 nitrogen and oxygen atoms in total. The molecule has 0 atom stereocenters. The van der Waals surface area contributed by atoms with Crippen molar-refractivity contribution >= 4 is 18.0 Å². The summed E-state index contributed by atoms with van der Waals surface area (Å²) in [5, 5.41) is 8.58. The second-order valence-electron chi connectivity index (χ2n) is 4.48. The summed E-state index contributed by atoms with van der Waals surface area (Å²) in [4.78, 5) is 21.1. The van der Waals surface area contributed by atoms with Crippen molar-refractivity contribution in [2.75, 3.05) is 0 Å². The molecule has 4 heteroatoms. The van der Waals surface area contributed by atoms with Gasteiger partial charge < -0.3 is 9.84 Å². The largest absolute Gasteiger partial charge is 0.478 e. The molecule has 0 spiro atoms. The monoisotopic (exact) mass is 310 g/mol. The van der Waals surface area contributed by atoms with E-state index >= 15 is 0 Å². The van der Waals surface area contributed by atoms with Gasteiger partial charge in [-0.1, -0.05) is 55.1 Å². The van der Waals surface area contributed by atoms with Crippen molar-refractivity contribution in [2.24, 2.45) is 0 Å². The SMILES string of the molecule is C=CC(=O)Oc1ccccc1.CC(=Cc1ccccc1)C(=O)O. The Morgan fingerprint density at radius 3 is 2.00 bits per heavy atom. The summed E-state index contributed by atoms with van der Waals surface area (Å²) in [7, 11) is 0. The lowest BCUT2D eigenvalue weighted by Crippen LogP contribution is -2.02. The first-order chi connectivity index (χ1) is 11.0. The minimum absolute atomic E-state index is 0.348. The third kappa shape index (κ3) is 7.43. The lowest BCUT2D eigenvalue weighted by molar-refractivity contribution is -0.132. The molecule has 0 radical (unpaired) electrons. The van der Waals surface area contributed by atoms with E-state index in [1.165, 1.54) is 0 Å². The summed E-state index contributed by atoms with van der Waals surface area (Å²) in [6.45, 7) is 4.86.